The van der Waals surface area contributed by atoms with Crippen molar-refractivity contribution in [1.82, 2.24) is 9.88 Å². The van der Waals surface area contributed by atoms with Gasteiger partial charge in [0.2, 0.25) is 0 Å². The molecule has 14 heavy (non-hydrogen) atoms. The van der Waals surface area contributed by atoms with E-state index in [1.165, 1.54) is 25.2 Å². The maximum Gasteiger partial charge on any atom is 0.294 e. The highest BCUT2D eigenvalue weighted by Crippen LogP contribution is 2.10. The molecule has 0 aromatic carbocycles. The van der Waals surface area contributed by atoms with Crippen LogP contribution < -0.4 is 0 Å². The lowest BCUT2D eigenvalue weighted by molar-refractivity contribution is -0.124. The van der Waals surface area contributed by atoms with Crippen LogP contribution in [0, 0.1) is 0 Å². The van der Waals surface area contributed by atoms with Gasteiger partial charge < -0.3 is 4.90 Å². The summed E-state index contributed by atoms with van der Waals surface area (Å²) in [7, 11) is 3.07. The molecule has 0 aliphatic carbocycles. The molecule has 5 heteroatoms. The van der Waals surface area contributed by atoms with Crippen molar-refractivity contribution in [2.75, 3.05) is 14.1 Å². The van der Waals surface area contributed by atoms with E-state index in [4.69, 9.17) is 0 Å². The highest BCUT2D eigenvalue weighted by Gasteiger charge is 2.18. The molecule has 0 spiro atoms. The van der Waals surface area contributed by atoms with Crippen LogP contribution in [0.1, 0.15) is 10.4 Å². The van der Waals surface area contributed by atoms with Crippen molar-refractivity contribution in [3.05, 3.63) is 28.5 Å². The summed E-state index contributed by atoms with van der Waals surface area (Å²) in [5.74, 6) is -1.10. The van der Waals surface area contributed by atoms with Crippen LogP contribution in [0.3, 0.4) is 0 Å². The lowest BCUT2D eigenvalue weighted by atomic mass is 10.2. The van der Waals surface area contributed by atoms with Crippen LogP contribution in [0.15, 0.2) is 22.9 Å². The van der Waals surface area contributed by atoms with Crippen LogP contribution in [0.2, 0.25) is 0 Å². The zero-order valence-corrected chi connectivity index (χ0v) is 9.41. The number of amides is 1. The van der Waals surface area contributed by atoms with Gasteiger partial charge >= 0.3 is 0 Å². The molecule has 0 atom stereocenters. The Morgan fingerprint density at radius 1 is 1.36 bits per heavy atom. The number of carbonyl (C=O) groups excluding carboxylic acids is 2. The lowest BCUT2D eigenvalue weighted by Gasteiger charge is -2.08. The van der Waals surface area contributed by atoms with E-state index in [1.807, 2.05) is 0 Å². The second kappa shape index (κ2) is 4.32. The first kappa shape index (κ1) is 10.8. The summed E-state index contributed by atoms with van der Waals surface area (Å²) in [6, 6.07) is 1.57. The van der Waals surface area contributed by atoms with Gasteiger partial charge in [0.25, 0.3) is 11.7 Å². The second-order valence-electron chi connectivity index (χ2n) is 2.92. The summed E-state index contributed by atoms with van der Waals surface area (Å²) in [5, 5.41) is 0. The van der Waals surface area contributed by atoms with E-state index in [0.29, 0.717) is 4.47 Å². The first-order valence-corrected chi connectivity index (χ1v) is 4.68. The fraction of sp³-hybridized carbons (Fsp3) is 0.222. The fourth-order valence-electron chi connectivity index (χ4n) is 0.863. The van der Waals surface area contributed by atoms with E-state index >= 15 is 0 Å². The number of carbonyl (C=O) groups is 2. The fourth-order valence-corrected chi connectivity index (χ4v) is 1.23. The number of nitrogens with zero attached hydrogens (tertiary/aromatic N) is 2. The van der Waals surface area contributed by atoms with Crippen LogP contribution in [0.25, 0.3) is 0 Å². The molecular formula is C9H9BrN2O2. The number of aromatic nitrogens is 1. The highest BCUT2D eigenvalue weighted by atomic mass is 79.9. The quantitative estimate of drug-likeness (QED) is 0.589. The van der Waals surface area contributed by atoms with Gasteiger partial charge in [-0.05, 0) is 22.0 Å². The number of Topliss-reactive ketones (excluding diaryl/α,β-unsaturated/α-hetero) is 1. The molecule has 0 N–H and O–H groups in total. The number of pyridine rings is 1. The first-order chi connectivity index (χ1) is 6.52. The molecule has 1 rings (SSSR count). The number of hydrogen-bond acceptors (Lipinski definition) is 3. The summed E-state index contributed by atoms with van der Waals surface area (Å²) in [6.45, 7) is 0. The molecule has 1 aromatic rings. The van der Waals surface area contributed by atoms with Crippen molar-refractivity contribution in [3.63, 3.8) is 0 Å². The Morgan fingerprint density at radius 2 is 2.00 bits per heavy atom. The second-order valence-corrected chi connectivity index (χ2v) is 3.84. The Kier molecular flexibility index (Phi) is 3.35. The largest absolute Gasteiger partial charge is 0.342 e. The predicted octanol–water partition coefficient (Wildman–Crippen LogP) is 1.11. The Balaban J connectivity index is 2.95. The minimum absolute atomic E-state index is 0.290. The maximum atomic E-state index is 11.5. The number of likely N-dealkylation sites (N-methyl/N-ethyl adjacent to an activating group) is 1. The summed E-state index contributed by atoms with van der Waals surface area (Å²) >= 11 is 3.18. The zero-order chi connectivity index (χ0) is 10.7. The molecule has 1 amide bonds. The van der Waals surface area contributed by atoms with E-state index in [-0.39, 0.29) is 5.56 Å². The molecule has 0 aliphatic heterocycles. The maximum absolute atomic E-state index is 11.5. The zero-order valence-electron chi connectivity index (χ0n) is 7.82. The van der Waals surface area contributed by atoms with Gasteiger partial charge in [-0.3, -0.25) is 14.6 Å². The van der Waals surface area contributed by atoms with E-state index in [9.17, 15) is 9.59 Å². The third-order valence-corrected chi connectivity index (χ3v) is 2.00. The molecule has 1 aromatic heterocycles. The van der Waals surface area contributed by atoms with E-state index in [1.54, 1.807) is 12.3 Å². The average Bonchev–Trinajstić information content (AvgIpc) is 2.15. The summed E-state index contributed by atoms with van der Waals surface area (Å²) in [4.78, 5) is 27.8. The molecule has 0 aliphatic rings. The molecule has 0 radical (unpaired) electrons. The summed E-state index contributed by atoms with van der Waals surface area (Å²) in [5.41, 5.74) is 0.290. The van der Waals surface area contributed by atoms with Crippen LogP contribution in [0.4, 0.5) is 0 Å². The topological polar surface area (TPSA) is 50.3 Å². The van der Waals surface area contributed by atoms with Crippen molar-refractivity contribution in [3.8, 4) is 0 Å². The van der Waals surface area contributed by atoms with Gasteiger partial charge in [-0.2, -0.15) is 0 Å². The van der Waals surface area contributed by atoms with Gasteiger partial charge in [0, 0.05) is 36.5 Å². The van der Waals surface area contributed by atoms with Gasteiger partial charge in [0.1, 0.15) is 0 Å². The number of halogens is 1. The Morgan fingerprint density at radius 3 is 2.50 bits per heavy atom. The standard InChI is InChI=1S/C9H9BrN2O2/c1-12(2)9(14)8(13)6-3-7(10)5-11-4-6/h3-5H,1-2H3. The van der Waals surface area contributed by atoms with Crippen LogP contribution in [0.5, 0.6) is 0 Å². The third-order valence-electron chi connectivity index (χ3n) is 1.57. The Bertz CT molecular complexity index is 377. The van der Waals surface area contributed by atoms with Crippen LogP contribution in [-0.4, -0.2) is 35.7 Å². The molecule has 0 bridgehead atoms. The number of hydrogen-bond donors (Lipinski definition) is 0. The summed E-state index contributed by atoms with van der Waals surface area (Å²) < 4.78 is 0.676. The normalized spacial score (nSPS) is 9.64. The minimum atomic E-state index is -0.552. The number of rotatable bonds is 2. The van der Waals surface area contributed by atoms with Gasteiger partial charge in [0.15, 0.2) is 0 Å². The van der Waals surface area contributed by atoms with Crippen molar-refractivity contribution in [2.45, 2.75) is 0 Å². The monoisotopic (exact) mass is 256 g/mol. The number of ketones is 1. The van der Waals surface area contributed by atoms with Crippen LogP contribution >= 0.6 is 15.9 Å². The predicted molar refractivity (Wildman–Crippen MR) is 55.0 cm³/mol. The van der Waals surface area contributed by atoms with Gasteiger partial charge in [-0.15, -0.1) is 0 Å². The Hall–Kier alpha value is -1.23. The van der Waals surface area contributed by atoms with Gasteiger partial charge in [0.05, 0.1) is 0 Å². The smallest absolute Gasteiger partial charge is 0.294 e. The minimum Gasteiger partial charge on any atom is -0.342 e. The molecule has 0 saturated carbocycles. The molecule has 0 saturated heterocycles. The molecule has 74 valence electrons. The molecule has 1 heterocycles. The van der Waals surface area contributed by atoms with E-state index < -0.39 is 11.7 Å². The van der Waals surface area contributed by atoms with E-state index in [0.717, 1.165) is 0 Å². The Labute approximate surface area is 90.1 Å². The SMILES string of the molecule is CN(C)C(=O)C(=O)c1cncc(Br)c1. The highest BCUT2D eigenvalue weighted by molar-refractivity contribution is 9.10. The van der Waals surface area contributed by atoms with Gasteiger partial charge in [-0.25, -0.2) is 0 Å². The molecule has 0 fully saturated rings. The molecule has 0 unspecified atom stereocenters. The van der Waals surface area contributed by atoms with Crippen molar-refractivity contribution < 1.29 is 9.59 Å². The molecular weight excluding hydrogens is 248 g/mol. The van der Waals surface area contributed by atoms with E-state index in [2.05, 4.69) is 20.9 Å². The first-order valence-electron chi connectivity index (χ1n) is 3.89. The van der Waals surface area contributed by atoms with Crippen LogP contribution in [-0.2, 0) is 4.79 Å². The summed E-state index contributed by atoms with van der Waals surface area (Å²) in [6.07, 6.45) is 2.92. The van der Waals surface area contributed by atoms with Crippen molar-refractivity contribution >= 4 is 27.6 Å². The lowest BCUT2D eigenvalue weighted by Crippen LogP contribution is -2.29. The molecule has 4 nitrogen and oxygen atoms in total. The van der Waals surface area contributed by atoms with Crippen molar-refractivity contribution in [1.29, 1.82) is 0 Å². The van der Waals surface area contributed by atoms with Gasteiger partial charge in [-0.1, -0.05) is 0 Å². The average molecular weight is 257 g/mol. The van der Waals surface area contributed by atoms with Crippen molar-refractivity contribution in [2.24, 2.45) is 0 Å². The third kappa shape index (κ3) is 2.38.